The third-order valence-electron chi connectivity index (χ3n) is 2.70. The van der Waals surface area contributed by atoms with Crippen LogP contribution in [0.15, 0.2) is 12.2 Å². The topological polar surface area (TPSA) is 37.4 Å². The van der Waals surface area contributed by atoms with Crippen LogP contribution in [0.1, 0.15) is 39.5 Å². The quantitative estimate of drug-likeness (QED) is 0.496. The summed E-state index contributed by atoms with van der Waals surface area (Å²) in [4.78, 5) is 23.9. The van der Waals surface area contributed by atoms with Crippen LogP contribution in [0.25, 0.3) is 0 Å². The fourth-order valence-electron chi connectivity index (χ4n) is 1.76. The van der Waals surface area contributed by atoms with E-state index in [4.69, 9.17) is 0 Å². The zero-order chi connectivity index (χ0) is 11.3. The molecular weight excluding hydrogens is 190 g/mol. The van der Waals surface area contributed by atoms with Gasteiger partial charge < -0.3 is 0 Å². The lowest BCUT2D eigenvalue weighted by Crippen LogP contribution is -2.34. The van der Waals surface area contributed by atoms with Gasteiger partial charge in [-0.05, 0) is 12.3 Å². The van der Waals surface area contributed by atoms with E-state index in [9.17, 15) is 9.59 Å². The van der Waals surface area contributed by atoms with Crippen molar-refractivity contribution in [3.05, 3.63) is 12.2 Å². The predicted molar refractivity (Wildman–Crippen MR) is 59.2 cm³/mol. The van der Waals surface area contributed by atoms with Crippen molar-refractivity contribution < 1.29 is 9.59 Å². The van der Waals surface area contributed by atoms with E-state index in [1.54, 1.807) is 0 Å². The van der Waals surface area contributed by atoms with Crippen molar-refractivity contribution >= 4 is 11.8 Å². The summed E-state index contributed by atoms with van der Waals surface area (Å²) < 4.78 is 0. The van der Waals surface area contributed by atoms with Gasteiger partial charge in [-0.1, -0.05) is 33.1 Å². The number of imide groups is 1. The van der Waals surface area contributed by atoms with E-state index in [-0.39, 0.29) is 11.8 Å². The molecule has 0 N–H and O–H groups in total. The van der Waals surface area contributed by atoms with E-state index < -0.39 is 0 Å². The summed E-state index contributed by atoms with van der Waals surface area (Å²) in [5, 5.41) is 0. The number of hydrogen-bond acceptors (Lipinski definition) is 2. The second kappa shape index (κ2) is 5.69. The van der Waals surface area contributed by atoms with Gasteiger partial charge in [0, 0.05) is 18.7 Å². The SMILES string of the molecule is CCCCCC(C)CN1C(=O)C=CC1=O. The second-order valence-corrected chi connectivity index (χ2v) is 4.22. The van der Waals surface area contributed by atoms with Crippen molar-refractivity contribution in [3.63, 3.8) is 0 Å². The van der Waals surface area contributed by atoms with Crippen molar-refractivity contribution in [1.82, 2.24) is 4.90 Å². The molecule has 0 fully saturated rings. The summed E-state index contributed by atoms with van der Waals surface area (Å²) in [5.74, 6) is 0.0778. The molecule has 0 saturated carbocycles. The average molecular weight is 209 g/mol. The largest absolute Gasteiger partial charge is 0.275 e. The van der Waals surface area contributed by atoms with Crippen molar-refractivity contribution in [1.29, 1.82) is 0 Å². The Morgan fingerprint density at radius 2 is 1.80 bits per heavy atom. The Morgan fingerprint density at radius 3 is 2.33 bits per heavy atom. The van der Waals surface area contributed by atoms with Gasteiger partial charge in [0.15, 0.2) is 0 Å². The van der Waals surface area contributed by atoms with Crippen LogP contribution in [0.4, 0.5) is 0 Å². The molecule has 0 bridgehead atoms. The van der Waals surface area contributed by atoms with Crippen molar-refractivity contribution in [3.8, 4) is 0 Å². The van der Waals surface area contributed by atoms with Crippen molar-refractivity contribution in [2.75, 3.05) is 6.54 Å². The third-order valence-corrected chi connectivity index (χ3v) is 2.70. The van der Waals surface area contributed by atoms with Gasteiger partial charge in [-0.2, -0.15) is 0 Å². The van der Waals surface area contributed by atoms with Gasteiger partial charge >= 0.3 is 0 Å². The number of carbonyl (C=O) groups excluding carboxylic acids is 2. The third kappa shape index (κ3) is 3.50. The number of rotatable bonds is 6. The van der Waals surface area contributed by atoms with E-state index in [0.29, 0.717) is 12.5 Å². The number of carbonyl (C=O) groups is 2. The maximum Gasteiger partial charge on any atom is 0.253 e. The van der Waals surface area contributed by atoms with Crippen LogP contribution >= 0.6 is 0 Å². The first-order chi connectivity index (χ1) is 7.15. The number of nitrogens with zero attached hydrogens (tertiary/aromatic N) is 1. The standard InChI is InChI=1S/C12H19NO2/c1-3-4-5-6-10(2)9-13-11(14)7-8-12(13)15/h7-8,10H,3-6,9H2,1-2H3. The predicted octanol–water partition coefficient (Wildman–Crippen LogP) is 2.13. The van der Waals surface area contributed by atoms with Crippen molar-refractivity contribution in [2.24, 2.45) is 5.92 Å². The van der Waals surface area contributed by atoms with Crippen LogP contribution < -0.4 is 0 Å². The van der Waals surface area contributed by atoms with E-state index in [0.717, 1.165) is 6.42 Å². The van der Waals surface area contributed by atoms with Gasteiger partial charge in [-0.3, -0.25) is 14.5 Å². The molecule has 1 aliphatic heterocycles. The monoisotopic (exact) mass is 209 g/mol. The zero-order valence-corrected chi connectivity index (χ0v) is 9.53. The van der Waals surface area contributed by atoms with Crippen LogP contribution in [-0.4, -0.2) is 23.3 Å². The summed E-state index contributed by atoms with van der Waals surface area (Å²) in [6, 6.07) is 0. The molecule has 0 spiro atoms. The minimum atomic E-state index is -0.164. The molecule has 1 unspecified atom stereocenters. The second-order valence-electron chi connectivity index (χ2n) is 4.22. The molecule has 0 aromatic rings. The van der Waals surface area contributed by atoms with Crippen LogP contribution in [0.2, 0.25) is 0 Å². The molecule has 0 saturated heterocycles. The summed E-state index contributed by atoms with van der Waals surface area (Å²) in [6.07, 6.45) is 7.40. The van der Waals surface area contributed by atoms with Crippen LogP contribution in [0.5, 0.6) is 0 Å². The van der Waals surface area contributed by atoms with E-state index in [1.807, 2.05) is 0 Å². The molecule has 1 aliphatic rings. The first kappa shape index (κ1) is 12.0. The normalized spacial score (nSPS) is 17.6. The smallest absolute Gasteiger partial charge is 0.253 e. The molecule has 1 atom stereocenters. The van der Waals surface area contributed by atoms with Crippen LogP contribution in [0, 0.1) is 5.92 Å². The van der Waals surface area contributed by atoms with Gasteiger partial charge in [0.2, 0.25) is 0 Å². The summed E-state index contributed by atoms with van der Waals surface area (Å²) in [6.45, 7) is 4.82. The Labute approximate surface area is 91.1 Å². The highest BCUT2D eigenvalue weighted by atomic mass is 16.2. The highest BCUT2D eigenvalue weighted by Crippen LogP contribution is 2.13. The number of amides is 2. The van der Waals surface area contributed by atoms with Gasteiger partial charge in [0.1, 0.15) is 0 Å². The number of hydrogen-bond donors (Lipinski definition) is 0. The van der Waals surface area contributed by atoms with Gasteiger partial charge in [-0.25, -0.2) is 0 Å². The molecule has 1 heterocycles. The van der Waals surface area contributed by atoms with E-state index in [2.05, 4.69) is 13.8 Å². The Morgan fingerprint density at radius 1 is 1.20 bits per heavy atom. The Kier molecular flexibility index (Phi) is 4.53. The Balaban J connectivity index is 2.28. The highest BCUT2D eigenvalue weighted by Gasteiger charge is 2.24. The Bertz CT molecular complexity index is 253. The van der Waals surface area contributed by atoms with Crippen molar-refractivity contribution in [2.45, 2.75) is 39.5 Å². The van der Waals surface area contributed by atoms with Gasteiger partial charge in [0.05, 0.1) is 0 Å². The zero-order valence-electron chi connectivity index (χ0n) is 9.53. The first-order valence-electron chi connectivity index (χ1n) is 5.68. The van der Waals surface area contributed by atoms with Crippen LogP contribution in [-0.2, 0) is 9.59 Å². The van der Waals surface area contributed by atoms with E-state index >= 15 is 0 Å². The maximum absolute atomic E-state index is 11.3. The molecule has 1 rings (SSSR count). The first-order valence-corrected chi connectivity index (χ1v) is 5.68. The van der Waals surface area contributed by atoms with Gasteiger partial charge in [-0.15, -0.1) is 0 Å². The molecule has 2 amide bonds. The minimum Gasteiger partial charge on any atom is -0.275 e. The number of unbranched alkanes of at least 4 members (excludes halogenated alkanes) is 2. The molecule has 0 aromatic carbocycles. The average Bonchev–Trinajstić information content (AvgIpc) is 2.50. The summed E-state index contributed by atoms with van der Waals surface area (Å²) in [5.41, 5.74) is 0. The molecule has 3 heteroatoms. The maximum atomic E-state index is 11.3. The fourth-order valence-corrected chi connectivity index (χ4v) is 1.76. The lowest BCUT2D eigenvalue weighted by atomic mass is 10.0. The fraction of sp³-hybridized carbons (Fsp3) is 0.667. The molecule has 0 aromatic heterocycles. The molecule has 0 aliphatic carbocycles. The molecule has 84 valence electrons. The summed E-state index contributed by atoms with van der Waals surface area (Å²) >= 11 is 0. The molecule has 0 radical (unpaired) electrons. The lowest BCUT2D eigenvalue weighted by Gasteiger charge is -2.18. The van der Waals surface area contributed by atoms with Gasteiger partial charge in [0.25, 0.3) is 11.8 Å². The highest BCUT2D eigenvalue weighted by molar-refractivity contribution is 6.12. The minimum absolute atomic E-state index is 0.164. The molecular formula is C12H19NO2. The summed E-state index contributed by atoms with van der Waals surface area (Å²) in [7, 11) is 0. The van der Waals surface area contributed by atoms with Crippen LogP contribution in [0.3, 0.4) is 0 Å². The molecule has 15 heavy (non-hydrogen) atoms. The van der Waals surface area contributed by atoms with E-state index in [1.165, 1.54) is 36.3 Å². The lowest BCUT2D eigenvalue weighted by molar-refractivity contribution is -0.137. The Hall–Kier alpha value is -1.12. The molecule has 3 nitrogen and oxygen atoms in total.